The van der Waals surface area contributed by atoms with Gasteiger partial charge in [0.1, 0.15) is 23.4 Å². The fourth-order valence-corrected chi connectivity index (χ4v) is 4.97. The van der Waals surface area contributed by atoms with Crippen molar-refractivity contribution >= 4 is 17.4 Å². The average molecular weight is 488 g/mol. The largest absolute Gasteiger partial charge is 0.507 e. The normalized spacial score (nSPS) is 20.4. The highest BCUT2D eigenvalue weighted by molar-refractivity contribution is 6.46. The molecule has 1 N–H and O–H groups in total. The highest BCUT2D eigenvalue weighted by Gasteiger charge is 2.46. The number of aliphatic hydroxyl groups excluding tert-OH is 1. The van der Waals surface area contributed by atoms with Crippen LogP contribution in [0, 0.1) is 0 Å². The second kappa shape index (κ2) is 9.89. The maximum Gasteiger partial charge on any atom is 0.295 e. The van der Waals surface area contributed by atoms with Gasteiger partial charge >= 0.3 is 0 Å². The maximum absolute atomic E-state index is 13.3. The molecule has 2 aromatic carbocycles. The van der Waals surface area contributed by atoms with Crippen LogP contribution in [-0.4, -0.2) is 50.5 Å². The van der Waals surface area contributed by atoms with Gasteiger partial charge in [-0.2, -0.15) is 0 Å². The minimum atomic E-state index is -0.725. The summed E-state index contributed by atoms with van der Waals surface area (Å²) in [5.41, 5.74) is 2.26. The van der Waals surface area contributed by atoms with Gasteiger partial charge in [0.25, 0.3) is 11.7 Å². The Labute approximate surface area is 209 Å². The Balaban J connectivity index is 1.54. The SMILES string of the molecule is CCOc1cccc([C@@H]2C(=C(O)c3ccc4c(c3)C[C@H](C)O4)C(=O)C(=O)N2CCCn2ccnc2)c1. The highest BCUT2D eigenvalue weighted by Crippen LogP contribution is 2.41. The van der Waals surface area contributed by atoms with Crippen LogP contribution in [0.15, 0.2) is 66.8 Å². The molecule has 0 aliphatic carbocycles. The van der Waals surface area contributed by atoms with Gasteiger partial charge in [-0.3, -0.25) is 9.59 Å². The van der Waals surface area contributed by atoms with Gasteiger partial charge in [-0.25, -0.2) is 4.98 Å². The van der Waals surface area contributed by atoms with Crippen LogP contribution in [0.3, 0.4) is 0 Å². The molecule has 0 saturated carbocycles. The third kappa shape index (κ3) is 4.46. The van der Waals surface area contributed by atoms with E-state index in [2.05, 4.69) is 4.98 Å². The first-order valence-corrected chi connectivity index (χ1v) is 12.2. The summed E-state index contributed by atoms with van der Waals surface area (Å²) in [5.74, 6) is -0.0681. The van der Waals surface area contributed by atoms with Crippen LogP contribution in [0.2, 0.25) is 0 Å². The lowest BCUT2D eigenvalue weighted by atomic mass is 9.94. The molecule has 1 fully saturated rings. The van der Waals surface area contributed by atoms with Crippen molar-refractivity contribution < 1.29 is 24.2 Å². The monoisotopic (exact) mass is 487 g/mol. The van der Waals surface area contributed by atoms with Gasteiger partial charge in [0.2, 0.25) is 0 Å². The summed E-state index contributed by atoms with van der Waals surface area (Å²) >= 11 is 0. The zero-order chi connectivity index (χ0) is 25.2. The average Bonchev–Trinajstić information content (AvgIpc) is 3.58. The molecule has 0 spiro atoms. The van der Waals surface area contributed by atoms with Gasteiger partial charge in [-0.1, -0.05) is 12.1 Å². The number of amides is 1. The highest BCUT2D eigenvalue weighted by atomic mass is 16.5. The molecule has 3 aromatic rings. The second-order valence-electron chi connectivity index (χ2n) is 9.11. The van der Waals surface area contributed by atoms with Crippen LogP contribution in [-0.2, 0) is 22.6 Å². The number of carbonyl (C=O) groups is 2. The van der Waals surface area contributed by atoms with E-state index in [1.807, 2.05) is 54.9 Å². The Kier molecular flexibility index (Phi) is 6.50. The van der Waals surface area contributed by atoms with E-state index in [0.29, 0.717) is 43.0 Å². The number of fused-ring (bicyclic) bond motifs is 1. The molecule has 0 bridgehead atoms. The van der Waals surface area contributed by atoms with Crippen molar-refractivity contribution in [1.82, 2.24) is 14.5 Å². The van der Waals surface area contributed by atoms with Gasteiger partial charge in [0, 0.05) is 37.5 Å². The molecule has 186 valence electrons. The number of imidazole rings is 1. The fraction of sp³-hybridized carbons (Fsp3) is 0.321. The molecule has 2 atom stereocenters. The van der Waals surface area contributed by atoms with Crippen LogP contribution < -0.4 is 9.47 Å². The minimum Gasteiger partial charge on any atom is -0.507 e. The number of likely N-dealkylation sites (tertiary alicyclic amines) is 1. The molecule has 1 amide bonds. The third-order valence-corrected chi connectivity index (χ3v) is 6.57. The quantitative estimate of drug-likeness (QED) is 0.292. The topological polar surface area (TPSA) is 93.9 Å². The maximum atomic E-state index is 13.3. The lowest BCUT2D eigenvalue weighted by Gasteiger charge is -2.26. The first-order chi connectivity index (χ1) is 17.5. The van der Waals surface area contributed by atoms with Crippen LogP contribution in [0.5, 0.6) is 11.5 Å². The molecular weight excluding hydrogens is 458 g/mol. The summed E-state index contributed by atoms with van der Waals surface area (Å²) < 4.78 is 13.4. The van der Waals surface area contributed by atoms with Gasteiger partial charge in [0.15, 0.2) is 0 Å². The van der Waals surface area contributed by atoms with E-state index in [4.69, 9.17) is 9.47 Å². The number of rotatable bonds is 8. The number of ketones is 1. The summed E-state index contributed by atoms with van der Waals surface area (Å²) in [6.45, 7) is 5.37. The number of aliphatic hydroxyl groups is 1. The van der Waals surface area contributed by atoms with Crippen molar-refractivity contribution in [2.24, 2.45) is 0 Å². The van der Waals surface area contributed by atoms with E-state index in [-0.39, 0.29) is 17.4 Å². The van der Waals surface area contributed by atoms with E-state index in [9.17, 15) is 14.7 Å². The van der Waals surface area contributed by atoms with Crippen LogP contribution in [0.25, 0.3) is 5.76 Å². The van der Waals surface area contributed by atoms with Crippen molar-refractivity contribution in [2.75, 3.05) is 13.2 Å². The van der Waals surface area contributed by atoms with Crippen molar-refractivity contribution in [3.63, 3.8) is 0 Å². The van der Waals surface area contributed by atoms with E-state index in [1.165, 1.54) is 0 Å². The van der Waals surface area contributed by atoms with Crippen molar-refractivity contribution in [2.45, 2.75) is 45.4 Å². The van der Waals surface area contributed by atoms with Crippen molar-refractivity contribution in [1.29, 1.82) is 0 Å². The number of aryl methyl sites for hydroxylation is 1. The zero-order valence-corrected chi connectivity index (χ0v) is 20.4. The summed E-state index contributed by atoms with van der Waals surface area (Å²) in [5, 5.41) is 11.4. The summed E-state index contributed by atoms with van der Waals surface area (Å²) in [4.78, 5) is 32.2. The predicted octanol–water partition coefficient (Wildman–Crippen LogP) is 4.12. The number of aromatic nitrogens is 2. The molecule has 36 heavy (non-hydrogen) atoms. The molecule has 1 saturated heterocycles. The van der Waals surface area contributed by atoms with E-state index in [0.717, 1.165) is 17.7 Å². The van der Waals surface area contributed by atoms with Crippen LogP contribution >= 0.6 is 0 Å². The molecule has 2 aliphatic rings. The number of Topliss-reactive ketones (excluding diaryl/α,β-unsaturated/α-hetero) is 1. The number of hydrogen-bond acceptors (Lipinski definition) is 6. The Hall–Kier alpha value is -4.07. The number of benzene rings is 2. The molecular formula is C28H29N3O5. The van der Waals surface area contributed by atoms with Crippen LogP contribution in [0.4, 0.5) is 0 Å². The van der Waals surface area contributed by atoms with Gasteiger partial charge in [-0.15, -0.1) is 0 Å². The van der Waals surface area contributed by atoms with Gasteiger partial charge in [0.05, 0.1) is 24.5 Å². The van der Waals surface area contributed by atoms with Gasteiger partial charge in [-0.05, 0) is 61.7 Å². The molecule has 3 heterocycles. The summed E-state index contributed by atoms with van der Waals surface area (Å²) in [7, 11) is 0. The molecule has 2 aliphatic heterocycles. The Morgan fingerprint density at radius 1 is 1.19 bits per heavy atom. The lowest BCUT2D eigenvalue weighted by molar-refractivity contribution is -0.139. The number of ether oxygens (including phenoxy) is 2. The lowest BCUT2D eigenvalue weighted by Crippen LogP contribution is -2.31. The molecule has 0 radical (unpaired) electrons. The fourth-order valence-electron chi connectivity index (χ4n) is 4.97. The Bertz CT molecular complexity index is 1310. The molecule has 5 rings (SSSR count). The van der Waals surface area contributed by atoms with Crippen molar-refractivity contribution in [3.05, 3.63) is 83.4 Å². The van der Waals surface area contributed by atoms with Crippen LogP contribution in [0.1, 0.15) is 43.0 Å². The Morgan fingerprint density at radius 3 is 2.83 bits per heavy atom. The predicted molar refractivity (Wildman–Crippen MR) is 134 cm³/mol. The summed E-state index contributed by atoms with van der Waals surface area (Å²) in [6.07, 6.45) is 6.68. The molecule has 8 heteroatoms. The molecule has 8 nitrogen and oxygen atoms in total. The zero-order valence-electron chi connectivity index (χ0n) is 20.4. The molecule has 1 aromatic heterocycles. The number of hydrogen-bond donors (Lipinski definition) is 1. The second-order valence-corrected chi connectivity index (χ2v) is 9.11. The Morgan fingerprint density at radius 2 is 2.06 bits per heavy atom. The standard InChI is InChI=1S/C28H29N3O5/c1-3-35-22-7-4-6-19(16-22)25-24(26(32)20-8-9-23-21(15-20)14-18(2)36-23)27(33)28(34)31(25)12-5-11-30-13-10-29-17-30/h4,6-10,13,15-18,25,32H,3,5,11-12,14H2,1-2H3/t18-,25+/m0/s1. The first-order valence-electron chi connectivity index (χ1n) is 12.2. The summed E-state index contributed by atoms with van der Waals surface area (Å²) in [6, 6.07) is 12.0. The van der Waals surface area contributed by atoms with Crippen molar-refractivity contribution in [3.8, 4) is 11.5 Å². The number of nitrogens with zero attached hydrogens (tertiary/aromatic N) is 3. The van der Waals surface area contributed by atoms with E-state index >= 15 is 0 Å². The first kappa shape index (κ1) is 23.7. The third-order valence-electron chi connectivity index (χ3n) is 6.57. The van der Waals surface area contributed by atoms with Gasteiger partial charge < -0.3 is 24.0 Å². The molecule has 0 unspecified atom stereocenters. The van der Waals surface area contributed by atoms with E-state index in [1.54, 1.807) is 29.6 Å². The van der Waals surface area contributed by atoms with E-state index < -0.39 is 17.7 Å². The minimum absolute atomic E-state index is 0.0554. The smallest absolute Gasteiger partial charge is 0.295 e. The number of carbonyl (C=O) groups excluding carboxylic acids is 2.